The van der Waals surface area contributed by atoms with Crippen LogP contribution in [0, 0.1) is 0 Å². The zero-order valence-electron chi connectivity index (χ0n) is 25.1. The third-order valence-electron chi connectivity index (χ3n) is 5.90. The van der Waals surface area contributed by atoms with E-state index in [4.69, 9.17) is 47.4 Å². The van der Waals surface area contributed by atoms with Crippen LogP contribution in [0.4, 0.5) is 0 Å². The second-order valence-electron chi connectivity index (χ2n) is 9.65. The molecule has 0 spiro atoms. The Hall–Kier alpha value is -3.87. The van der Waals surface area contributed by atoms with Crippen LogP contribution in [0.3, 0.4) is 0 Å². The van der Waals surface area contributed by atoms with E-state index in [0.29, 0.717) is 0 Å². The van der Waals surface area contributed by atoms with Crippen LogP contribution in [-0.4, -0.2) is 122 Å². The van der Waals surface area contributed by atoms with E-state index in [-0.39, 0.29) is 0 Å². The van der Waals surface area contributed by atoms with Gasteiger partial charge < -0.3 is 52.5 Å². The molecule has 0 bridgehead atoms. The van der Waals surface area contributed by atoms with Gasteiger partial charge in [-0.25, -0.2) is 0 Å². The van der Waals surface area contributed by atoms with Gasteiger partial charge in [0.15, 0.2) is 30.7 Å². The van der Waals surface area contributed by atoms with Crippen molar-refractivity contribution in [1.29, 1.82) is 0 Å². The molecule has 0 unspecified atom stereocenters. The minimum Gasteiger partial charge on any atom is -0.463 e. The molecule has 18 heteroatoms. The molecule has 2 rings (SSSR count). The van der Waals surface area contributed by atoms with Crippen LogP contribution in [0.2, 0.25) is 0 Å². The van der Waals surface area contributed by atoms with E-state index in [0.717, 1.165) is 48.5 Å². The number of ether oxygens (including phenoxy) is 10. The van der Waals surface area contributed by atoms with Gasteiger partial charge in [0.2, 0.25) is 12.4 Å². The van der Waals surface area contributed by atoms with Crippen molar-refractivity contribution in [2.75, 3.05) is 13.2 Å². The summed E-state index contributed by atoms with van der Waals surface area (Å²) in [5.74, 6) is -6.15. The van der Waals surface area contributed by atoms with Gasteiger partial charge in [-0.2, -0.15) is 0 Å². The first-order valence-electron chi connectivity index (χ1n) is 13.3. The van der Waals surface area contributed by atoms with Crippen molar-refractivity contribution in [3.63, 3.8) is 0 Å². The molecule has 18 nitrogen and oxygen atoms in total. The molecule has 1 N–H and O–H groups in total. The molecule has 2 fully saturated rings. The Morgan fingerprint density at radius 1 is 0.477 bits per heavy atom. The second-order valence-corrected chi connectivity index (χ2v) is 9.65. The zero-order chi connectivity index (χ0) is 33.3. The Morgan fingerprint density at radius 3 is 1.30 bits per heavy atom. The van der Waals surface area contributed by atoms with Crippen LogP contribution >= 0.6 is 0 Å². The number of hydrogen-bond acceptors (Lipinski definition) is 18. The Balaban J connectivity index is 2.67. The van der Waals surface area contributed by atoms with E-state index in [9.17, 15) is 38.7 Å². The van der Waals surface area contributed by atoms with Crippen LogP contribution < -0.4 is 0 Å². The number of esters is 7. The van der Waals surface area contributed by atoms with Crippen molar-refractivity contribution in [3.8, 4) is 0 Å². The molecule has 0 radical (unpaired) electrons. The Labute approximate surface area is 251 Å². The minimum absolute atomic E-state index is 0.597. The average molecular weight is 637 g/mol. The summed E-state index contributed by atoms with van der Waals surface area (Å²) in [6, 6.07) is 0. The number of aliphatic hydroxyl groups excluding tert-OH is 1. The topological polar surface area (TPSA) is 232 Å². The fraction of sp³-hybridized carbons (Fsp3) is 0.731. The molecule has 0 aliphatic carbocycles. The van der Waals surface area contributed by atoms with Crippen molar-refractivity contribution in [2.24, 2.45) is 0 Å². The predicted octanol–water partition coefficient (Wildman–Crippen LogP) is -1.40. The molecule has 0 aromatic rings. The predicted molar refractivity (Wildman–Crippen MR) is 135 cm³/mol. The van der Waals surface area contributed by atoms with Crippen molar-refractivity contribution in [2.45, 2.75) is 110 Å². The minimum atomic E-state index is -1.79. The third kappa shape index (κ3) is 10.4. The monoisotopic (exact) mass is 636 g/mol. The SMILES string of the molecule is CC(=O)OC[C@H]1O[C@@H](OC(C)=O)[C@H](OC(C)=O)[C@@H](OC(C)=O)[C@@H]1O[C@H]1O[C@H](CO)[C@@H](OC(C)=O)[C@H](OC(C)=O)[C@H]1OC(C)=O. The molecule has 0 amide bonds. The summed E-state index contributed by atoms with van der Waals surface area (Å²) in [6.07, 6.45) is -16.0. The summed E-state index contributed by atoms with van der Waals surface area (Å²) in [7, 11) is 0. The largest absolute Gasteiger partial charge is 0.463 e. The summed E-state index contributed by atoms with van der Waals surface area (Å²) >= 11 is 0. The van der Waals surface area contributed by atoms with Gasteiger partial charge in [0.05, 0.1) is 6.61 Å². The van der Waals surface area contributed by atoms with Crippen LogP contribution in [0.25, 0.3) is 0 Å². The van der Waals surface area contributed by atoms with E-state index in [1.54, 1.807) is 0 Å². The molecule has 44 heavy (non-hydrogen) atoms. The molecule has 0 aromatic heterocycles. The summed E-state index contributed by atoms with van der Waals surface area (Å²) in [5, 5.41) is 10.1. The fourth-order valence-electron chi connectivity index (χ4n) is 4.54. The maximum absolute atomic E-state index is 12.2. The zero-order valence-corrected chi connectivity index (χ0v) is 25.1. The Morgan fingerprint density at radius 2 is 0.864 bits per heavy atom. The molecule has 10 atom stereocenters. The maximum atomic E-state index is 12.2. The normalized spacial score (nSPS) is 31.5. The van der Waals surface area contributed by atoms with Gasteiger partial charge in [-0.3, -0.25) is 33.6 Å². The summed E-state index contributed by atoms with van der Waals surface area (Å²) in [6.45, 7) is 5.80. The van der Waals surface area contributed by atoms with E-state index in [1.807, 2.05) is 0 Å². The van der Waals surface area contributed by atoms with E-state index in [2.05, 4.69) is 0 Å². The van der Waals surface area contributed by atoms with Gasteiger partial charge in [0.25, 0.3) is 0 Å². The van der Waals surface area contributed by atoms with Crippen LogP contribution in [0.15, 0.2) is 0 Å². The van der Waals surface area contributed by atoms with Gasteiger partial charge >= 0.3 is 41.8 Å². The maximum Gasteiger partial charge on any atom is 0.305 e. The molecule has 2 saturated heterocycles. The lowest BCUT2D eigenvalue weighted by molar-refractivity contribution is -0.357. The van der Waals surface area contributed by atoms with Crippen molar-refractivity contribution in [3.05, 3.63) is 0 Å². The number of aliphatic hydroxyl groups is 1. The van der Waals surface area contributed by atoms with Crippen LogP contribution in [-0.2, 0) is 80.9 Å². The molecule has 0 saturated carbocycles. The molecular weight excluding hydrogens is 600 g/mol. The molecule has 248 valence electrons. The molecular formula is C26H36O18. The van der Waals surface area contributed by atoms with Crippen molar-refractivity contribution in [1.82, 2.24) is 0 Å². The Kier molecular flexibility index (Phi) is 13.4. The number of hydrogen-bond donors (Lipinski definition) is 1. The van der Waals surface area contributed by atoms with E-state index >= 15 is 0 Å². The lowest BCUT2D eigenvalue weighted by Crippen LogP contribution is -2.67. The van der Waals surface area contributed by atoms with Crippen molar-refractivity contribution >= 4 is 41.8 Å². The van der Waals surface area contributed by atoms with E-state index < -0.39 is 116 Å². The number of carbonyl (C=O) groups is 7. The number of rotatable bonds is 11. The van der Waals surface area contributed by atoms with Gasteiger partial charge in [-0.15, -0.1) is 0 Å². The van der Waals surface area contributed by atoms with Crippen LogP contribution in [0.1, 0.15) is 48.5 Å². The first kappa shape index (κ1) is 36.3. The van der Waals surface area contributed by atoms with Gasteiger partial charge in [-0.05, 0) is 0 Å². The molecule has 2 heterocycles. The van der Waals surface area contributed by atoms with Crippen LogP contribution in [0.5, 0.6) is 0 Å². The van der Waals surface area contributed by atoms with Gasteiger partial charge in [0.1, 0.15) is 24.9 Å². The van der Waals surface area contributed by atoms with Gasteiger partial charge in [-0.1, -0.05) is 0 Å². The molecule has 2 aliphatic heterocycles. The lowest BCUT2D eigenvalue weighted by Gasteiger charge is -2.48. The third-order valence-corrected chi connectivity index (χ3v) is 5.90. The smallest absolute Gasteiger partial charge is 0.305 e. The first-order chi connectivity index (χ1) is 20.5. The highest BCUT2D eigenvalue weighted by Crippen LogP contribution is 2.35. The first-order valence-corrected chi connectivity index (χ1v) is 13.3. The lowest BCUT2D eigenvalue weighted by atomic mass is 9.96. The van der Waals surface area contributed by atoms with E-state index in [1.165, 1.54) is 0 Å². The summed E-state index contributed by atoms with van der Waals surface area (Å²) in [5.41, 5.74) is 0. The summed E-state index contributed by atoms with van der Waals surface area (Å²) < 4.78 is 54.5. The fourth-order valence-corrected chi connectivity index (χ4v) is 4.54. The highest BCUT2D eigenvalue weighted by molar-refractivity contribution is 5.69. The Bertz CT molecular complexity index is 1090. The second kappa shape index (κ2) is 16.3. The average Bonchev–Trinajstić information content (AvgIpc) is 2.87. The van der Waals surface area contributed by atoms with Crippen molar-refractivity contribution < 1.29 is 86.0 Å². The molecule has 0 aromatic carbocycles. The molecule has 2 aliphatic rings. The highest BCUT2D eigenvalue weighted by atomic mass is 16.8. The van der Waals surface area contributed by atoms with Gasteiger partial charge in [0, 0.05) is 48.5 Å². The standard InChI is InChI=1S/C26H36O18/c1-10(28)35-9-18-20(22(38-13(4)31)23(39-14(5)32)25(43-18)41-16(7)34)44-26-24(40-15(6)33)21(37-12(3)30)19(36-11(2)29)17(8-27)42-26/h17-27H,8-9H2,1-7H3/t17-,18-,19-,20-,21+,22+,23-,24-,25-,26-/m1/s1. The highest BCUT2D eigenvalue weighted by Gasteiger charge is 2.57. The summed E-state index contributed by atoms with van der Waals surface area (Å²) in [4.78, 5) is 83.8. The number of carbonyl (C=O) groups excluding carboxylic acids is 7. The quantitative estimate of drug-likeness (QED) is 0.203.